The van der Waals surface area contributed by atoms with E-state index in [1.807, 2.05) is 81.7 Å². The Balaban J connectivity index is 1.89. The van der Waals surface area contributed by atoms with Crippen LogP contribution in [0.1, 0.15) is 6.92 Å². The molecule has 0 amide bonds. The normalized spacial score (nSPS) is 11.5. The molecular formula is C26H26N2O3. The van der Waals surface area contributed by atoms with Crippen LogP contribution in [0.25, 0.3) is 22.3 Å². The Hall–Kier alpha value is -3.73. The highest BCUT2D eigenvalue weighted by atomic mass is 16.5. The van der Waals surface area contributed by atoms with Gasteiger partial charge in [-0.2, -0.15) is 0 Å². The second-order valence-corrected chi connectivity index (χ2v) is 7.34. The van der Waals surface area contributed by atoms with Crippen LogP contribution in [0.3, 0.4) is 0 Å². The van der Waals surface area contributed by atoms with Gasteiger partial charge in [-0.15, -0.1) is 0 Å². The number of anilines is 1. The summed E-state index contributed by atoms with van der Waals surface area (Å²) in [5, 5.41) is 1.73. The summed E-state index contributed by atoms with van der Waals surface area (Å²) >= 11 is 0. The zero-order chi connectivity index (χ0) is 21.8. The molecule has 1 aromatic heterocycles. The van der Waals surface area contributed by atoms with Crippen LogP contribution in [0, 0.1) is 0 Å². The summed E-state index contributed by atoms with van der Waals surface area (Å²) in [7, 11) is 5.70. The van der Waals surface area contributed by atoms with E-state index in [-0.39, 0.29) is 0 Å². The number of methoxy groups -OCH3 is 1. The number of rotatable bonds is 6. The lowest BCUT2D eigenvalue weighted by molar-refractivity contribution is 0.340. The maximum atomic E-state index is 6.22. The van der Waals surface area contributed by atoms with Crippen molar-refractivity contribution in [3.8, 4) is 22.8 Å². The van der Waals surface area contributed by atoms with E-state index in [4.69, 9.17) is 18.9 Å². The second kappa shape index (κ2) is 8.96. The van der Waals surface area contributed by atoms with E-state index in [1.54, 1.807) is 7.11 Å². The van der Waals surface area contributed by atoms with Crippen LogP contribution < -0.4 is 19.7 Å². The van der Waals surface area contributed by atoms with E-state index in [0.29, 0.717) is 6.61 Å². The Morgan fingerprint density at radius 3 is 2.23 bits per heavy atom. The third-order valence-electron chi connectivity index (χ3n) is 5.02. The highest BCUT2D eigenvalue weighted by Gasteiger charge is 2.08. The van der Waals surface area contributed by atoms with Gasteiger partial charge >= 0.3 is 0 Å². The van der Waals surface area contributed by atoms with Crippen molar-refractivity contribution in [1.29, 1.82) is 0 Å². The van der Waals surface area contributed by atoms with E-state index in [2.05, 4.69) is 17.0 Å². The lowest BCUT2D eigenvalue weighted by Crippen LogP contribution is -2.08. The van der Waals surface area contributed by atoms with Gasteiger partial charge in [0.1, 0.15) is 22.8 Å². The van der Waals surface area contributed by atoms with E-state index in [1.165, 1.54) is 0 Å². The summed E-state index contributed by atoms with van der Waals surface area (Å²) in [6, 6.07) is 23.8. The first-order valence-corrected chi connectivity index (χ1v) is 10.2. The van der Waals surface area contributed by atoms with Crippen molar-refractivity contribution in [2.75, 3.05) is 32.7 Å². The summed E-state index contributed by atoms with van der Waals surface area (Å²) in [6.07, 6.45) is 0. The van der Waals surface area contributed by atoms with Crippen molar-refractivity contribution in [3.05, 3.63) is 78.2 Å². The van der Waals surface area contributed by atoms with Gasteiger partial charge in [0, 0.05) is 36.8 Å². The van der Waals surface area contributed by atoms with Crippen LogP contribution in [0.15, 0.2) is 82.2 Å². The molecule has 4 aromatic rings. The summed E-state index contributed by atoms with van der Waals surface area (Å²) in [5.41, 5.74) is 3.71. The molecule has 3 aromatic carbocycles. The molecule has 1 heterocycles. The molecular weight excluding hydrogens is 388 g/mol. The smallest absolute Gasteiger partial charge is 0.137 e. The molecule has 0 spiro atoms. The molecule has 0 aliphatic heterocycles. The maximum Gasteiger partial charge on any atom is 0.137 e. The zero-order valence-corrected chi connectivity index (χ0v) is 18.3. The van der Waals surface area contributed by atoms with Crippen molar-refractivity contribution < 1.29 is 13.9 Å². The van der Waals surface area contributed by atoms with Crippen LogP contribution in [0.2, 0.25) is 0 Å². The number of hydrogen-bond donors (Lipinski definition) is 0. The van der Waals surface area contributed by atoms with Crippen molar-refractivity contribution in [2.24, 2.45) is 4.99 Å². The summed E-state index contributed by atoms with van der Waals surface area (Å²) in [5.74, 6) is 2.33. The molecule has 158 valence electrons. The third kappa shape index (κ3) is 4.56. The minimum atomic E-state index is 0.602. The Bertz CT molecular complexity index is 1240. The van der Waals surface area contributed by atoms with Gasteiger partial charge in [0.25, 0.3) is 0 Å². The summed E-state index contributed by atoms with van der Waals surface area (Å²) in [6.45, 7) is 2.57. The minimum absolute atomic E-state index is 0.602. The molecule has 0 fully saturated rings. The second-order valence-electron chi connectivity index (χ2n) is 7.34. The molecule has 0 saturated heterocycles. The number of benzene rings is 3. The molecule has 4 rings (SSSR count). The zero-order valence-electron chi connectivity index (χ0n) is 18.3. The van der Waals surface area contributed by atoms with Gasteiger partial charge in [-0.3, -0.25) is 0 Å². The van der Waals surface area contributed by atoms with Gasteiger partial charge in [0.15, 0.2) is 0 Å². The third-order valence-corrected chi connectivity index (χ3v) is 5.02. The van der Waals surface area contributed by atoms with E-state index in [0.717, 1.165) is 50.5 Å². The molecule has 5 heteroatoms. The summed E-state index contributed by atoms with van der Waals surface area (Å²) < 4.78 is 17.2. The standard InChI is InChI=1S/C26H26N2O3/c1-5-30-22-14-15-25-23(16-22)24(27-19-8-10-20(11-9-19)28(2)3)17-26(31-25)18-6-12-21(29-4)13-7-18/h6-17H,5H2,1-4H3. The van der Waals surface area contributed by atoms with Gasteiger partial charge < -0.3 is 18.8 Å². The van der Waals surface area contributed by atoms with Crippen molar-refractivity contribution >= 4 is 22.3 Å². The molecule has 0 unspecified atom stereocenters. The fourth-order valence-corrected chi connectivity index (χ4v) is 3.36. The van der Waals surface area contributed by atoms with Crippen molar-refractivity contribution in [2.45, 2.75) is 6.92 Å². The largest absolute Gasteiger partial charge is 0.497 e. The molecule has 0 aliphatic carbocycles. The minimum Gasteiger partial charge on any atom is -0.497 e. The van der Waals surface area contributed by atoms with Crippen LogP contribution >= 0.6 is 0 Å². The molecule has 31 heavy (non-hydrogen) atoms. The topological polar surface area (TPSA) is 47.2 Å². The number of fused-ring (bicyclic) bond motifs is 1. The predicted octanol–water partition coefficient (Wildman–Crippen LogP) is 5.81. The van der Waals surface area contributed by atoms with E-state index in [9.17, 15) is 0 Å². The van der Waals surface area contributed by atoms with Gasteiger partial charge in [-0.1, -0.05) is 0 Å². The number of nitrogens with zero attached hydrogens (tertiary/aromatic N) is 2. The SMILES string of the molecule is CCOc1ccc2oc(-c3ccc(OC)cc3)cc(=Nc3ccc(N(C)C)cc3)c2c1. The van der Waals surface area contributed by atoms with Crippen LogP contribution in [0.5, 0.6) is 11.5 Å². The Morgan fingerprint density at radius 1 is 0.871 bits per heavy atom. The number of ether oxygens (including phenoxy) is 2. The van der Waals surface area contributed by atoms with Gasteiger partial charge in [-0.25, -0.2) is 4.99 Å². The first-order chi connectivity index (χ1) is 15.1. The first kappa shape index (κ1) is 20.5. The first-order valence-electron chi connectivity index (χ1n) is 10.2. The van der Waals surface area contributed by atoms with Gasteiger partial charge in [0.05, 0.1) is 24.8 Å². The fraction of sp³-hybridized carbons (Fsp3) is 0.192. The Labute approximate surface area is 182 Å². The van der Waals surface area contributed by atoms with Crippen molar-refractivity contribution in [1.82, 2.24) is 0 Å². The quantitative estimate of drug-likeness (QED) is 0.400. The van der Waals surface area contributed by atoms with Crippen LogP contribution in [0.4, 0.5) is 11.4 Å². The molecule has 0 aliphatic rings. The highest BCUT2D eigenvalue weighted by Crippen LogP contribution is 2.27. The fourth-order valence-electron chi connectivity index (χ4n) is 3.36. The maximum absolute atomic E-state index is 6.22. The summed E-state index contributed by atoms with van der Waals surface area (Å²) in [4.78, 5) is 7.00. The molecule has 0 atom stereocenters. The average Bonchev–Trinajstić information content (AvgIpc) is 2.80. The highest BCUT2D eigenvalue weighted by molar-refractivity contribution is 5.80. The van der Waals surface area contributed by atoms with Gasteiger partial charge in [-0.05, 0) is 73.7 Å². The van der Waals surface area contributed by atoms with E-state index < -0.39 is 0 Å². The average molecular weight is 415 g/mol. The predicted molar refractivity (Wildman–Crippen MR) is 125 cm³/mol. The molecule has 0 radical (unpaired) electrons. The Morgan fingerprint density at radius 2 is 1.58 bits per heavy atom. The molecule has 0 bridgehead atoms. The lowest BCUT2D eigenvalue weighted by atomic mass is 10.1. The molecule has 0 N–H and O–H groups in total. The van der Waals surface area contributed by atoms with Gasteiger partial charge in [0.2, 0.25) is 0 Å². The monoisotopic (exact) mass is 414 g/mol. The van der Waals surface area contributed by atoms with Crippen molar-refractivity contribution in [3.63, 3.8) is 0 Å². The lowest BCUT2D eigenvalue weighted by Gasteiger charge is -2.11. The van der Waals surface area contributed by atoms with Crippen LogP contribution in [-0.4, -0.2) is 27.8 Å². The Kier molecular flexibility index (Phi) is 5.94. The molecule has 0 saturated carbocycles. The molecule has 5 nitrogen and oxygen atoms in total. The van der Waals surface area contributed by atoms with E-state index >= 15 is 0 Å². The number of hydrogen-bond acceptors (Lipinski definition) is 5. The van der Waals surface area contributed by atoms with Crippen LogP contribution in [-0.2, 0) is 0 Å².